The quantitative estimate of drug-likeness (QED) is 0.204. The van der Waals surface area contributed by atoms with Gasteiger partial charge in [0.25, 0.3) is 0 Å². The summed E-state index contributed by atoms with van der Waals surface area (Å²) in [5, 5.41) is 0. The molecule has 2 aromatic carbocycles. The van der Waals surface area contributed by atoms with E-state index in [4.69, 9.17) is 52.1 Å². The molecule has 9 aliphatic heterocycles. The van der Waals surface area contributed by atoms with E-state index in [-0.39, 0.29) is 49.1 Å². The molecule has 16 atom stereocenters. The molecule has 13 rings (SSSR count). The highest BCUT2D eigenvalue weighted by Crippen LogP contribution is 2.63. The van der Waals surface area contributed by atoms with Crippen molar-refractivity contribution in [2.75, 3.05) is 0 Å². The Morgan fingerprint density at radius 1 is 0.627 bits per heavy atom. The highest BCUT2D eigenvalue weighted by molar-refractivity contribution is 7.48. The Kier molecular flexibility index (Phi) is 9.66. The lowest BCUT2D eigenvalue weighted by Crippen LogP contribution is -2.70. The minimum absolute atomic E-state index is 0.0840. The SMILES string of the molecule is C[C@H]1[C@@H](Cc2cc3c(cc2C[C@H]2O[C@@H]4O[C@]5(C)CC[C@H]6[C@H](C)CC[C@@H]([C@H]2C)[C@@]46OO5)COP(=O)(Oc2ccccc2)OC3)O[C@@H]2O[C@]3(C)CC[C@H]4[C@H](C)CC[C@@H]1[C@@]24OO3. The number of rotatable bonds is 6. The Morgan fingerprint density at radius 3 is 1.58 bits per heavy atom. The lowest BCUT2D eigenvalue weighted by atomic mass is 9.57. The summed E-state index contributed by atoms with van der Waals surface area (Å²) >= 11 is 0. The van der Waals surface area contributed by atoms with Gasteiger partial charge >= 0.3 is 7.82 Å². The predicted octanol–water partition coefficient (Wildman–Crippen LogP) is 9.51. The van der Waals surface area contributed by atoms with Gasteiger partial charge < -0.3 is 23.5 Å². The van der Waals surface area contributed by atoms with Crippen LogP contribution in [0, 0.1) is 47.3 Å². The molecule has 9 heterocycles. The van der Waals surface area contributed by atoms with E-state index < -0.39 is 43.2 Å². The zero-order chi connectivity index (χ0) is 40.5. The maximum atomic E-state index is 14.0. The molecule has 11 aliphatic rings. The van der Waals surface area contributed by atoms with Crippen molar-refractivity contribution in [3.63, 3.8) is 0 Å². The number of ether oxygens (including phenoxy) is 4. The molecule has 13 heteroatoms. The summed E-state index contributed by atoms with van der Waals surface area (Å²) < 4.78 is 59.7. The van der Waals surface area contributed by atoms with Gasteiger partial charge in [-0.1, -0.05) is 58.0 Å². The van der Waals surface area contributed by atoms with Crippen molar-refractivity contribution in [3.05, 3.63) is 64.7 Å². The Bertz CT molecular complexity index is 1870. The number of para-hydroxylation sites is 1. The minimum Gasteiger partial charge on any atom is -0.404 e. The van der Waals surface area contributed by atoms with Gasteiger partial charge in [-0.25, -0.2) is 24.1 Å². The van der Waals surface area contributed by atoms with Crippen molar-refractivity contribution in [2.45, 2.75) is 167 Å². The second-order valence-electron chi connectivity index (χ2n) is 20.1. The Hall–Kier alpha value is -1.93. The van der Waals surface area contributed by atoms with Crippen molar-refractivity contribution < 1.29 is 56.6 Å². The highest BCUT2D eigenvalue weighted by atomic mass is 31.2. The van der Waals surface area contributed by atoms with Crippen LogP contribution in [0.25, 0.3) is 0 Å². The molecule has 0 N–H and O–H groups in total. The molecule has 2 spiro atoms. The Labute approximate surface area is 348 Å². The van der Waals surface area contributed by atoms with E-state index in [1.165, 1.54) is 0 Å². The maximum Gasteiger partial charge on any atom is 0.530 e. The number of hydrogen-bond acceptors (Lipinski definition) is 12. The first-order chi connectivity index (χ1) is 28.3. The molecule has 0 radical (unpaired) electrons. The van der Waals surface area contributed by atoms with Crippen LogP contribution in [0.5, 0.6) is 5.75 Å². The summed E-state index contributed by atoms with van der Waals surface area (Å²) in [6, 6.07) is 13.5. The summed E-state index contributed by atoms with van der Waals surface area (Å²) in [7, 11) is -3.92. The fourth-order valence-corrected chi connectivity index (χ4v) is 14.4. The van der Waals surface area contributed by atoms with Crippen LogP contribution in [0.15, 0.2) is 42.5 Å². The van der Waals surface area contributed by atoms with Crippen LogP contribution in [0.1, 0.15) is 115 Å². The molecule has 0 unspecified atom stereocenters. The fraction of sp³-hybridized carbons (Fsp3) is 0.739. The summed E-state index contributed by atoms with van der Waals surface area (Å²) in [4.78, 5) is 25.2. The standard InChI is InChI=1S/C46H61O12P/c1-26-12-14-37-28(3)39(50-41-45(37)35(26)16-18-43(5,52-41)55-57-45)22-30-20-32-24-48-59(47,54-34-10-8-7-9-11-34)49-25-33(32)21-31(30)23-40-29(4)38-15-13-27(2)36-17-19-44(6)53-42(51-40)46(36,38)58-56-44/h7-11,20-21,26-29,35-42H,12-19,22-25H2,1-6H3/t26-,27-,28-,29-,35+,36+,37+,38+,39-,40-,41-,42-,43+,44+,45-,46-/m1/s1. The Balaban J connectivity index is 0.935. The molecule has 10 fully saturated rings. The summed E-state index contributed by atoms with van der Waals surface area (Å²) in [6.07, 6.45) is 7.79. The van der Waals surface area contributed by atoms with E-state index in [9.17, 15) is 4.57 Å². The van der Waals surface area contributed by atoms with E-state index in [2.05, 4.69) is 39.8 Å². The lowest BCUT2D eigenvalue weighted by Gasteiger charge is -2.60. The van der Waals surface area contributed by atoms with Crippen LogP contribution >= 0.6 is 7.82 Å². The smallest absolute Gasteiger partial charge is 0.404 e. The molecule has 2 saturated carbocycles. The van der Waals surface area contributed by atoms with Crippen molar-refractivity contribution >= 4 is 7.82 Å². The molecule has 0 aromatic heterocycles. The summed E-state index contributed by atoms with van der Waals surface area (Å²) in [5.41, 5.74) is 2.85. The molecular weight excluding hydrogens is 775 g/mol. The topological polar surface area (TPSA) is 119 Å². The van der Waals surface area contributed by atoms with Gasteiger partial charge in [-0.3, -0.25) is 9.05 Å². The van der Waals surface area contributed by atoms with Gasteiger partial charge in [-0.2, -0.15) is 0 Å². The van der Waals surface area contributed by atoms with Crippen molar-refractivity contribution in [2.24, 2.45) is 47.3 Å². The third kappa shape index (κ3) is 6.32. The van der Waals surface area contributed by atoms with Gasteiger partial charge in [0.1, 0.15) is 5.75 Å². The van der Waals surface area contributed by atoms with E-state index in [0.717, 1.165) is 73.6 Å². The lowest BCUT2D eigenvalue weighted by molar-refractivity contribution is -0.571. The van der Waals surface area contributed by atoms with E-state index >= 15 is 0 Å². The number of phosphoric acid groups is 1. The second-order valence-corrected chi connectivity index (χ2v) is 21.7. The molecule has 2 aliphatic carbocycles. The van der Waals surface area contributed by atoms with Crippen molar-refractivity contribution in [1.29, 1.82) is 0 Å². The summed E-state index contributed by atoms with van der Waals surface area (Å²) in [6.45, 7) is 13.5. The molecule has 59 heavy (non-hydrogen) atoms. The van der Waals surface area contributed by atoms with Gasteiger partial charge in [0.05, 0.1) is 25.4 Å². The van der Waals surface area contributed by atoms with Crippen molar-refractivity contribution in [1.82, 2.24) is 0 Å². The molecule has 322 valence electrons. The molecular formula is C46H61O12P. The predicted molar refractivity (Wildman–Crippen MR) is 212 cm³/mol. The van der Waals surface area contributed by atoms with Gasteiger partial charge in [-0.15, -0.1) is 0 Å². The zero-order valence-electron chi connectivity index (χ0n) is 35.3. The van der Waals surface area contributed by atoms with E-state index in [1.54, 1.807) is 12.1 Å². The number of fused-ring (bicyclic) bond motifs is 5. The molecule has 8 saturated heterocycles. The van der Waals surface area contributed by atoms with Crippen LogP contribution in [0.4, 0.5) is 0 Å². The minimum atomic E-state index is -3.92. The average Bonchev–Trinajstić information content (AvgIpc) is 3.66. The van der Waals surface area contributed by atoms with Crippen LogP contribution < -0.4 is 4.52 Å². The number of benzene rings is 2. The van der Waals surface area contributed by atoms with Crippen molar-refractivity contribution in [3.8, 4) is 5.75 Å². The molecule has 4 bridgehead atoms. The molecule has 12 nitrogen and oxygen atoms in total. The van der Waals surface area contributed by atoms with Gasteiger partial charge in [0, 0.05) is 24.7 Å². The van der Waals surface area contributed by atoms with E-state index in [0.29, 0.717) is 42.3 Å². The van der Waals surface area contributed by atoms with Crippen LogP contribution in [-0.4, -0.2) is 47.6 Å². The molecule has 2 aromatic rings. The maximum absolute atomic E-state index is 14.0. The van der Waals surface area contributed by atoms with Gasteiger partial charge in [-0.05, 0) is 135 Å². The third-order valence-corrected chi connectivity index (χ3v) is 18.0. The first kappa shape index (κ1) is 39.9. The zero-order valence-corrected chi connectivity index (χ0v) is 36.2. The molecule has 0 amide bonds. The van der Waals surface area contributed by atoms with Crippen LogP contribution in [0.3, 0.4) is 0 Å². The number of phosphoric ester groups is 1. The average molecular weight is 837 g/mol. The fourth-order valence-electron chi connectivity index (χ4n) is 13.3. The number of hydrogen-bond donors (Lipinski definition) is 0. The first-order valence-corrected chi connectivity index (χ1v) is 23.9. The normalized spacial score (nSPS) is 49.7. The van der Waals surface area contributed by atoms with Gasteiger partial charge in [0.15, 0.2) is 23.8 Å². The van der Waals surface area contributed by atoms with E-state index in [1.807, 2.05) is 32.0 Å². The third-order valence-electron chi connectivity index (χ3n) is 16.7. The van der Waals surface area contributed by atoms with Gasteiger partial charge in [0.2, 0.25) is 11.6 Å². The van der Waals surface area contributed by atoms with Crippen LogP contribution in [0.2, 0.25) is 0 Å². The summed E-state index contributed by atoms with van der Waals surface area (Å²) in [5.74, 6) is 1.05. The Morgan fingerprint density at radius 2 is 1.10 bits per heavy atom. The second kappa shape index (κ2) is 14.3. The highest BCUT2D eigenvalue weighted by Gasteiger charge is 2.71. The first-order valence-electron chi connectivity index (χ1n) is 22.5. The van der Waals surface area contributed by atoms with Crippen LogP contribution in [-0.2, 0) is 78.2 Å². The largest absolute Gasteiger partial charge is 0.530 e. The monoisotopic (exact) mass is 836 g/mol.